The summed E-state index contributed by atoms with van der Waals surface area (Å²) in [6.07, 6.45) is 3.80. The third-order valence-electron chi connectivity index (χ3n) is 7.45. The molecule has 10 nitrogen and oxygen atoms in total. The highest BCUT2D eigenvalue weighted by Gasteiger charge is 2.30. The van der Waals surface area contributed by atoms with Crippen LogP contribution in [0.2, 0.25) is 0 Å². The van der Waals surface area contributed by atoms with E-state index in [1.165, 1.54) is 26.9 Å². The van der Waals surface area contributed by atoms with Gasteiger partial charge in [-0.3, -0.25) is 24.0 Å². The molecule has 0 saturated heterocycles. The molecule has 1 aliphatic carbocycles. The molecule has 226 valence electrons. The first-order chi connectivity index (χ1) is 20.0. The van der Waals surface area contributed by atoms with Gasteiger partial charge in [-0.1, -0.05) is 38.8 Å². The summed E-state index contributed by atoms with van der Waals surface area (Å²) < 4.78 is 11.0. The molecule has 3 N–H and O–H groups in total. The first-order valence-electron chi connectivity index (χ1n) is 14.2. The molecule has 0 aromatic heterocycles. The molecular weight excluding hydrogens is 540 g/mol. The zero-order chi connectivity index (χ0) is 30.8. The number of hydrogen-bond donors (Lipinski definition) is 3. The fourth-order valence-corrected chi connectivity index (χ4v) is 5.12. The Morgan fingerprint density at radius 1 is 1.00 bits per heavy atom. The standard InChI is InChI=1S/C32H40N2O8/c1-19(2)31(34-29(37)16-24-14-22(20(3)35)12-13-28(24)41-4)32(40)33-26(17-30(38)39)27(36)18-42-25-11-7-10-23(15-25)21-8-5-6-9-21/h7,10-15,19,21,26,31H,5-6,8-9,16-18H2,1-4H3,(H,33,40)(H,34,37)(H,38,39)/t26-,31-/m0/s1. The Morgan fingerprint density at radius 3 is 2.33 bits per heavy atom. The lowest BCUT2D eigenvalue weighted by atomic mass is 9.98. The van der Waals surface area contributed by atoms with E-state index in [9.17, 15) is 29.1 Å². The van der Waals surface area contributed by atoms with Gasteiger partial charge in [0.1, 0.15) is 30.2 Å². The van der Waals surface area contributed by atoms with Crippen molar-refractivity contribution in [3.05, 3.63) is 59.2 Å². The molecule has 42 heavy (non-hydrogen) atoms. The predicted molar refractivity (Wildman–Crippen MR) is 156 cm³/mol. The van der Waals surface area contributed by atoms with Crippen LogP contribution >= 0.6 is 0 Å². The second-order valence-corrected chi connectivity index (χ2v) is 11.0. The topological polar surface area (TPSA) is 148 Å². The van der Waals surface area contributed by atoms with Crippen LogP contribution in [0.1, 0.15) is 80.3 Å². The van der Waals surface area contributed by atoms with Crippen molar-refractivity contribution < 1.29 is 38.6 Å². The van der Waals surface area contributed by atoms with Crippen LogP contribution < -0.4 is 20.1 Å². The quantitative estimate of drug-likeness (QED) is 0.269. The summed E-state index contributed by atoms with van der Waals surface area (Å²) >= 11 is 0. The van der Waals surface area contributed by atoms with Crippen molar-refractivity contribution in [3.63, 3.8) is 0 Å². The van der Waals surface area contributed by atoms with Crippen molar-refractivity contribution in [2.45, 2.75) is 77.3 Å². The fraction of sp³-hybridized carbons (Fsp3) is 0.469. The number of hydrogen-bond acceptors (Lipinski definition) is 7. The molecule has 2 aromatic rings. The Labute approximate surface area is 246 Å². The Hall–Kier alpha value is -4.21. The van der Waals surface area contributed by atoms with Crippen molar-refractivity contribution >= 4 is 29.4 Å². The molecule has 10 heteroatoms. The van der Waals surface area contributed by atoms with Crippen LogP contribution in [-0.4, -0.2) is 60.3 Å². The number of carboxylic acids is 1. The molecule has 1 fully saturated rings. The summed E-state index contributed by atoms with van der Waals surface area (Å²) in [4.78, 5) is 62.5. The SMILES string of the molecule is COc1ccc(C(C)=O)cc1CC(=O)N[C@H](C(=O)N[C@@H](CC(=O)O)C(=O)COc1cccc(C2CCCC2)c1)C(C)C. The highest BCUT2D eigenvalue weighted by Crippen LogP contribution is 2.35. The van der Waals surface area contributed by atoms with E-state index in [4.69, 9.17) is 9.47 Å². The minimum absolute atomic E-state index is 0.161. The number of methoxy groups -OCH3 is 1. The maximum Gasteiger partial charge on any atom is 0.305 e. The average Bonchev–Trinajstić information content (AvgIpc) is 3.49. The normalized spacial score (nSPS) is 14.6. The summed E-state index contributed by atoms with van der Waals surface area (Å²) in [7, 11) is 1.45. The van der Waals surface area contributed by atoms with Crippen LogP contribution in [0.5, 0.6) is 11.5 Å². The van der Waals surface area contributed by atoms with Crippen LogP contribution in [-0.2, 0) is 25.6 Å². The van der Waals surface area contributed by atoms with Gasteiger partial charge in [0, 0.05) is 11.1 Å². The monoisotopic (exact) mass is 580 g/mol. The molecule has 0 heterocycles. The van der Waals surface area contributed by atoms with E-state index in [0.717, 1.165) is 18.4 Å². The van der Waals surface area contributed by atoms with Gasteiger partial charge >= 0.3 is 5.97 Å². The van der Waals surface area contributed by atoms with Crippen molar-refractivity contribution in [1.82, 2.24) is 10.6 Å². The molecule has 3 rings (SSSR count). The number of rotatable bonds is 15. The van der Waals surface area contributed by atoms with Crippen LogP contribution in [0.3, 0.4) is 0 Å². The first-order valence-corrected chi connectivity index (χ1v) is 14.2. The number of amides is 2. The molecule has 2 atom stereocenters. The summed E-state index contributed by atoms with van der Waals surface area (Å²) in [5.41, 5.74) is 2.03. The fourth-order valence-electron chi connectivity index (χ4n) is 5.12. The van der Waals surface area contributed by atoms with E-state index in [-0.39, 0.29) is 18.1 Å². The lowest BCUT2D eigenvalue weighted by molar-refractivity contribution is -0.141. The average molecular weight is 581 g/mol. The Bertz CT molecular complexity index is 1300. The van der Waals surface area contributed by atoms with Crippen molar-refractivity contribution in [1.29, 1.82) is 0 Å². The van der Waals surface area contributed by atoms with Gasteiger partial charge in [0.15, 0.2) is 11.6 Å². The molecule has 0 radical (unpaired) electrons. The largest absolute Gasteiger partial charge is 0.496 e. The van der Waals surface area contributed by atoms with Gasteiger partial charge < -0.3 is 25.2 Å². The number of ether oxygens (including phenoxy) is 2. The Morgan fingerprint density at radius 2 is 1.71 bits per heavy atom. The van der Waals surface area contributed by atoms with Crippen LogP contribution in [0.25, 0.3) is 0 Å². The highest BCUT2D eigenvalue weighted by molar-refractivity contribution is 5.96. The van der Waals surface area contributed by atoms with Gasteiger partial charge in [-0.25, -0.2) is 0 Å². The molecule has 1 aliphatic rings. The summed E-state index contributed by atoms with van der Waals surface area (Å²) in [5.74, 6) is -2.22. The molecule has 1 saturated carbocycles. The molecule has 2 amide bonds. The van der Waals surface area contributed by atoms with Crippen molar-refractivity contribution in [3.8, 4) is 11.5 Å². The third kappa shape index (κ3) is 9.15. The van der Waals surface area contributed by atoms with E-state index in [2.05, 4.69) is 10.6 Å². The van der Waals surface area contributed by atoms with E-state index < -0.39 is 48.7 Å². The Kier molecular flexibility index (Phi) is 11.6. The minimum atomic E-state index is -1.35. The van der Waals surface area contributed by atoms with E-state index in [1.54, 1.807) is 38.1 Å². The van der Waals surface area contributed by atoms with Gasteiger partial charge in [0.05, 0.1) is 20.0 Å². The zero-order valence-electron chi connectivity index (χ0n) is 24.6. The van der Waals surface area contributed by atoms with Gasteiger partial charge in [-0.05, 0) is 67.5 Å². The van der Waals surface area contributed by atoms with Crippen LogP contribution in [0, 0.1) is 5.92 Å². The maximum atomic E-state index is 13.2. The minimum Gasteiger partial charge on any atom is -0.496 e. The third-order valence-corrected chi connectivity index (χ3v) is 7.45. The van der Waals surface area contributed by atoms with E-state index in [1.807, 2.05) is 18.2 Å². The molecular formula is C32H40N2O8. The Balaban J connectivity index is 1.66. The lowest BCUT2D eigenvalue weighted by Gasteiger charge is -2.25. The molecule has 2 aromatic carbocycles. The van der Waals surface area contributed by atoms with E-state index >= 15 is 0 Å². The van der Waals surface area contributed by atoms with E-state index in [0.29, 0.717) is 28.5 Å². The number of ketones is 2. The van der Waals surface area contributed by atoms with Crippen molar-refractivity contribution in [2.24, 2.45) is 5.92 Å². The summed E-state index contributed by atoms with van der Waals surface area (Å²) in [6, 6.07) is 9.91. The molecule has 0 aliphatic heterocycles. The number of nitrogens with one attached hydrogen (secondary N) is 2. The number of carboxylic acid groups (broad SMARTS) is 1. The van der Waals surface area contributed by atoms with Gasteiger partial charge in [0.25, 0.3) is 0 Å². The number of carbonyl (C=O) groups excluding carboxylic acids is 4. The van der Waals surface area contributed by atoms with Crippen LogP contribution in [0.15, 0.2) is 42.5 Å². The smallest absolute Gasteiger partial charge is 0.305 e. The predicted octanol–water partition coefficient (Wildman–Crippen LogP) is 3.85. The molecule has 0 spiro atoms. The number of Topliss-reactive ketones (excluding diaryl/α,β-unsaturated/α-hetero) is 2. The number of aliphatic carboxylic acids is 1. The van der Waals surface area contributed by atoms with Gasteiger partial charge in [-0.2, -0.15) is 0 Å². The second kappa shape index (κ2) is 15.1. The maximum absolute atomic E-state index is 13.2. The summed E-state index contributed by atoms with van der Waals surface area (Å²) in [6.45, 7) is 4.43. The first kappa shape index (κ1) is 32.3. The van der Waals surface area contributed by atoms with Crippen molar-refractivity contribution in [2.75, 3.05) is 13.7 Å². The van der Waals surface area contributed by atoms with Gasteiger partial charge in [0.2, 0.25) is 11.8 Å². The summed E-state index contributed by atoms with van der Waals surface area (Å²) in [5, 5.41) is 14.6. The lowest BCUT2D eigenvalue weighted by Crippen LogP contribution is -2.54. The van der Waals surface area contributed by atoms with Crippen LogP contribution in [0.4, 0.5) is 0 Å². The zero-order valence-corrected chi connectivity index (χ0v) is 24.6. The van der Waals surface area contributed by atoms with Gasteiger partial charge in [-0.15, -0.1) is 0 Å². The molecule has 0 unspecified atom stereocenters. The highest BCUT2D eigenvalue weighted by atomic mass is 16.5. The second-order valence-electron chi connectivity index (χ2n) is 11.0. The molecule has 0 bridgehead atoms. The number of benzene rings is 2. The number of carbonyl (C=O) groups is 5.